The minimum atomic E-state index is 0.828. The van der Waals surface area contributed by atoms with Crippen molar-refractivity contribution in [3.05, 3.63) is 70.6 Å². The number of likely N-dealkylation sites (N-methyl/N-ethyl adjacent to an activating group) is 1. The Bertz CT molecular complexity index is 723. The Morgan fingerprint density at radius 2 is 1.91 bits per heavy atom. The number of benzene rings is 1. The molecule has 0 unspecified atom stereocenters. The SMILES string of the molecule is Cc1nn(Cc2ccccc2)c(C)c1C=CC1=CCN(C)CC1. The fourth-order valence-electron chi connectivity index (χ4n) is 2.99. The summed E-state index contributed by atoms with van der Waals surface area (Å²) in [6.45, 7) is 7.27. The van der Waals surface area contributed by atoms with Crippen LogP contribution in [0.2, 0.25) is 0 Å². The fourth-order valence-corrected chi connectivity index (χ4v) is 2.99. The molecule has 3 rings (SSSR count). The van der Waals surface area contributed by atoms with E-state index in [-0.39, 0.29) is 0 Å². The van der Waals surface area contributed by atoms with Crippen molar-refractivity contribution in [2.45, 2.75) is 26.8 Å². The minimum absolute atomic E-state index is 0.828. The van der Waals surface area contributed by atoms with Crippen LogP contribution in [0.5, 0.6) is 0 Å². The number of nitrogens with zero attached hydrogens (tertiary/aromatic N) is 3. The molecule has 0 saturated heterocycles. The lowest BCUT2D eigenvalue weighted by atomic mass is 10.1. The maximum Gasteiger partial charge on any atom is 0.0669 e. The van der Waals surface area contributed by atoms with Crippen molar-refractivity contribution in [1.82, 2.24) is 14.7 Å². The van der Waals surface area contributed by atoms with Crippen LogP contribution in [0.15, 0.2) is 48.1 Å². The molecular weight excluding hydrogens is 282 g/mol. The van der Waals surface area contributed by atoms with Crippen molar-refractivity contribution in [3.8, 4) is 0 Å². The Labute approximate surface area is 138 Å². The largest absolute Gasteiger partial charge is 0.302 e. The van der Waals surface area contributed by atoms with Gasteiger partial charge in [-0.25, -0.2) is 0 Å². The second-order valence-electron chi connectivity index (χ2n) is 6.35. The van der Waals surface area contributed by atoms with Crippen LogP contribution in [0.1, 0.15) is 28.9 Å². The lowest BCUT2D eigenvalue weighted by molar-refractivity contribution is 0.361. The minimum Gasteiger partial charge on any atom is -0.302 e. The summed E-state index contributed by atoms with van der Waals surface area (Å²) < 4.78 is 2.10. The van der Waals surface area contributed by atoms with Crippen LogP contribution < -0.4 is 0 Å². The van der Waals surface area contributed by atoms with Crippen molar-refractivity contribution >= 4 is 6.08 Å². The summed E-state index contributed by atoms with van der Waals surface area (Å²) in [7, 11) is 2.17. The van der Waals surface area contributed by atoms with Crippen LogP contribution in [-0.2, 0) is 6.54 Å². The molecule has 0 radical (unpaired) electrons. The van der Waals surface area contributed by atoms with Crippen LogP contribution in [0, 0.1) is 13.8 Å². The number of allylic oxidation sites excluding steroid dienone is 1. The Balaban J connectivity index is 1.78. The van der Waals surface area contributed by atoms with Gasteiger partial charge < -0.3 is 4.90 Å². The molecule has 1 aliphatic rings. The molecule has 3 nitrogen and oxygen atoms in total. The highest BCUT2D eigenvalue weighted by Crippen LogP contribution is 2.19. The second-order valence-corrected chi connectivity index (χ2v) is 6.35. The number of aryl methyl sites for hydroxylation is 1. The zero-order chi connectivity index (χ0) is 16.2. The van der Waals surface area contributed by atoms with Gasteiger partial charge in [0.2, 0.25) is 0 Å². The molecule has 0 atom stereocenters. The molecule has 2 heterocycles. The highest BCUT2D eigenvalue weighted by molar-refractivity contribution is 5.57. The van der Waals surface area contributed by atoms with Crippen molar-refractivity contribution in [3.63, 3.8) is 0 Å². The van der Waals surface area contributed by atoms with E-state index in [1.807, 2.05) is 6.07 Å². The van der Waals surface area contributed by atoms with E-state index in [2.05, 4.69) is 73.0 Å². The Hall–Kier alpha value is -2.13. The first-order valence-corrected chi connectivity index (χ1v) is 8.27. The van der Waals surface area contributed by atoms with E-state index >= 15 is 0 Å². The molecule has 1 aromatic carbocycles. The maximum atomic E-state index is 4.72. The van der Waals surface area contributed by atoms with E-state index in [4.69, 9.17) is 5.10 Å². The Morgan fingerprint density at radius 1 is 1.13 bits per heavy atom. The molecule has 120 valence electrons. The molecule has 1 aromatic heterocycles. The van der Waals surface area contributed by atoms with E-state index in [9.17, 15) is 0 Å². The molecule has 0 saturated carbocycles. The fraction of sp³-hybridized carbons (Fsp3) is 0.350. The summed E-state index contributed by atoms with van der Waals surface area (Å²) in [6, 6.07) is 10.5. The van der Waals surface area contributed by atoms with Gasteiger partial charge in [0.05, 0.1) is 12.2 Å². The molecule has 0 N–H and O–H groups in total. The summed E-state index contributed by atoms with van der Waals surface area (Å²) in [4.78, 5) is 2.34. The van der Waals surface area contributed by atoms with Crippen LogP contribution in [0.3, 0.4) is 0 Å². The van der Waals surface area contributed by atoms with Gasteiger partial charge in [0, 0.05) is 24.3 Å². The third-order valence-electron chi connectivity index (χ3n) is 4.52. The van der Waals surface area contributed by atoms with E-state index < -0.39 is 0 Å². The average molecular weight is 307 g/mol. The Kier molecular flexibility index (Phi) is 4.77. The standard InChI is InChI=1S/C20H25N3/c1-16-20(10-9-18-11-13-22(3)14-12-18)17(2)23(21-16)15-19-7-5-4-6-8-19/h4-11H,12-15H2,1-3H3. The monoisotopic (exact) mass is 307 g/mol. The number of aromatic nitrogens is 2. The molecule has 0 aliphatic carbocycles. The van der Waals surface area contributed by atoms with Crippen LogP contribution in [0.4, 0.5) is 0 Å². The van der Waals surface area contributed by atoms with Gasteiger partial charge in [-0.15, -0.1) is 0 Å². The van der Waals surface area contributed by atoms with Crippen LogP contribution >= 0.6 is 0 Å². The van der Waals surface area contributed by atoms with Gasteiger partial charge in [0.1, 0.15) is 0 Å². The molecular formula is C20H25N3. The quantitative estimate of drug-likeness (QED) is 0.856. The van der Waals surface area contributed by atoms with Gasteiger partial charge in [-0.05, 0) is 38.5 Å². The molecule has 23 heavy (non-hydrogen) atoms. The second kappa shape index (κ2) is 6.97. The van der Waals surface area contributed by atoms with E-state index in [0.29, 0.717) is 0 Å². The van der Waals surface area contributed by atoms with Gasteiger partial charge in [0.15, 0.2) is 0 Å². The van der Waals surface area contributed by atoms with E-state index in [1.165, 1.54) is 22.4 Å². The predicted octanol–water partition coefficient (Wildman–Crippen LogP) is 3.82. The third-order valence-corrected chi connectivity index (χ3v) is 4.52. The average Bonchev–Trinajstić information content (AvgIpc) is 2.82. The normalized spacial score (nSPS) is 16.0. The first-order chi connectivity index (χ1) is 11.1. The smallest absolute Gasteiger partial charge is 0.0669 e. The van der Waals surface area contributed by atoms with Crippen molar-refractivity contribution < 1.29 is 0 Å². The predicted molar refractivity (Wildman–Crippen MR) is 96.5 cm³/mol. The van der Waals surface area contributed by atoms with Gasteiger partial charge in [-0.3, -0.25) is 4.68 Å². The Morgan fingerprint density at radius 3 is 2.61 bits per heavy atom. The highest BCUT2D eigenvalue weighted by atomic mass is 15.3. The number of hydrogen-bond donors (Lipinski definition) is 0. The molecule has 0 fully saturated rings. The van der Waals surface area contributed by atoms with Crippen LogP contribution in [-0.4, -0.2) is 34.8 Å². The lowest BCUT2D eigenvalue weighted by Crippen LogP contribution is -2.23. The third kappa shape index (κ3) is 3.80. The molecule has 3 heteroatoms. The van der Waals surface area contributed by atoms with Gasteiger partial charge in [0.25, 0.3) is 0 Å². The van der Waals surface area contributed by atoms with Crippen LogP contribution in [0.25, 0.3) is 6.08 Å². The molecule has 0 bridgehead atoms. The zero-order valence-corrected chi connectivity index (χ0v) is 14.3. The van der Waals surface area contributed by atoms with E-state index in [1.54, 1.807) is 0 Å². The zero-order valence-electron chi connectivity index (χ0n) is 14.3. The van der Waals surface area contributed by atoms with Gasteiger partial charge in [-0.2, -0.15) is 5.10 Å². The maximum absolute atomic E-state index is 4.72. The highest BCUT2D eigenvalue weighted by Gasteiger charge is 2.10. The summed E-state index contributed by atoms with van der Waals surface area (Å²) in [5, 5.41) is 4.72. The molecule has 1 aliphatic heterocycles. The number of rotatable bonds is 4. The van der Waals surface area contributed by atoms with E-state index in [0.717, 1.165) is 31.7 Å². The first-order valence-electron chi connectivity index (χ1n) is 8.27. The summed E-state index contributed by atoms with van der Waals surface area (Å²) >= 11 is 0. The summed E-state index contributed by atoms with van der Waals surface area (Å²) in [6.07, 6.45) is 7.94. The molecule has 2 aromatic rings. The lowest BCUT2D eigenvalue weighted by Gasteiger charge is -2.20. The van der Waals surface area contributed by atoms with Crippen molar-refractivity contribution in [2.24, 2.45) is 0 Å². The van der Waals surface area contributed by atoms with Crippen molar-refractivity contribution in [1.29, 1.82) is 0 Å². The molecule has 0 spiro atoms. The van der Waals surface area contributed by atoms with Gasteiger partial charge in [-0.1, -0.05) is 48.6 Å². The molecule has 0 amide bonds. The summed E-state index contributed by atoms with van der Waals surface area (Å²) in [5.74, 6) is 0. The van der Waals surface area contributed by atoms with Crippen molar-refractivity contribution in [2.75, 3.05) is 20.1 Å². The first kappa shape index (κ1) is 15.8. The topological polar surface area (TPSA) is 21.1 Å². The summed E-state index contributed by atoms with van der Waals surface area (Å²) in [5.41, 5.74) is 6.30. The van der Waals surface area contributed by atoms with Gasteiger partial charge >= 0.3 is 0 Å². The number of hydrogen-bond acceptors (Lipinski definition) is 2.